The van der Waals surface area contributed by atoms with Gasteiger partial charge in [-0.2, -0.15) is 0 Å². The Morgan fingerprint density at radius 3 is 2.50 bits per heavy atom. The van der Waals surface area contributed by atoms with Crippen LogP contribution < -0.4 is 4.74 Å². The van der Waals surface area contributed by atoms with Gasteiger partial charge in [0.1, 0.15) is 5.75 Å². The molecule has 0 radical (unpaired) electrons. The third kappa shape index (κ3) is 2.53. The summed E-state index contributed by atoms with van der Waals surface area (Å²) in [7, 11) is 0. The van der Waals surface area contributed by atoms with Crippen molar-refractivity contribution in [2.75, 3.05) is 0 Å². The quantitative estimate of drug-likeness (QED) is 0.569. The molecule has 3 aromatic rings. The fourth-order valence-corrected chi connectivity index (χ4v) is 3.13. The summed E-state index contributed by atoms with van der Waals surface area (Å²) in [6.45, 7) is 0. The Kier molecular flexibility index (Phi) is 3.44. The van der Waals surface area contributed by atoms with Crippen LogP contribution in [-0.4, -0.2) is 4.98 Å². The number of benzene rings is 2. The number of hydrogen-bond donors (Lipinski definition) is 0. The van der Waals surface area contributed by atoms with Crippen LogP contribution in [0.1, 0.15) is 24.3 Å². The van der Waals surface area contributed by atoms with Gasteiger partial charge in [-0.1, -0.05) is 29.3 Å². The molecule has 4 heteroatoms. The van der Waals surface area contributed by atoms with Crippen molar-refractivity contribution in [3.05, 3.63) is 64.3 Å². The van der Waals surface area contributed by atoms with E-state index in [2.05, 4.69) is 11.1 Å². The first-order valence-corrected chi connectivity index (χ1v) is 7.98. The monoisotopic (exact) mass is 329 g/mol. The molecule has 110 valence electrons. The second-order valence-corrected chi connectivity index (χ2v) is 6.32. The Morgan fingerprint density at radius 2 is 1.77 bits per heavy atom. The van der Waals surface area contributed by atoms with Crippen molar-refractivity contribution in [1.82, 2.24) is 4.98 Å². The number of para-hydroxylation sites is 1. The van der Waals surface area contributed by atoms with Gasteiger partial charge in [0, 0.05) is 11.6 Å². The van der Waals surface area contributed by atoms with Crippen LogP contribution in [0, 0.1) is 0 Å². The molecule has 0 saturated heterocycles. The van der Waals surface area contributed by atoms with E-state index in [4.69, 9.17) is 27.9 Å². The number of fused-ring (bicyclic) bond motifs is 1. The number of halogens is 2. The molecule has 22 heavy (non-hydrogen) atoms. The highest BCUT2D eigenvalue weighted by Gasteiger charge is 2.25. The van der Waals surface area contributed by atoms with E-state index >= 15 is 0 Å². The fraction of sp³-hybridized carbons (Fsp3) is 0.167. The number of ether oxygens (including phenoxy) is 1. The number of hydrogen-bond acceptors (Lipinski definition) is 2. The van der Waals surface area contributed by atoms with Gasteiger partial charge in [-0.05, 0) is 60.7 Å². The van der Waals surface area contributed by atoms with Crippen LogP contribution in [0.5, 0.6) is 11.5 Å². The molecule has 1 heterocycles. The topological polar surface area (TPSA) is 22.1 Å². The molecular formula is C18H13Cl2NO. The summed E-state index contributed by atoms with van der Waals surface area (Å²) in [5.74, 6) is 1.86. The van der Waals surface area contributed by atoms with Gasteiger partial charge in [0.2, 0.25) is 0 Å². The van der Waals surface area contributed by atoms with Crippen molar-refractivity contribution < 1.29 is 4.74 Å². The second-order valence-electron chi connectivity index (χ2n) is 5.51. The SMILES string of the molecule is Clc1cccc(Cl)c1Oc1ccc2nccc(C3CC3)c2c1. The van der Waals surface area contributed by atoms with Gasteiger partial charge in [0.25, 0.3) is 0 Å². The maximum atomic E-state index is 6.17. The molecule has 0 N–H and O–H groups in total. The predicted octanol–water partition coefficient (Wildman–Crippen LogP) is 6.21. The van der Waals surface area contributed by atoms with Gasteiger partial charge in [-0.3, -0.25) is 4.98 Å². The lowest BCUT2D eigenvalue weighted by Crippen LogP contribution is -1.90. The van der Waals surface area contributed by atoms with Crippen LogP contribution in [0.25, 0.3) is 10.9 Å². The highest BCUT2D eigenvalue weighted by atomic mass is 35.5. The molecule has 1 aliphatic rings. The minimum atomic E-state index is 0.488. The number of rotatable bonds is 3. The molecule has 4 rings (SSSR count). The Hall–Kier alpha value is -1.77. The van der Waals surface area contributed by atoms with Crippen molar-refractivity contribution >= 4 is 34.1 Å². The Balaban J connectivity index is 1.78. The van der Waals surface area contributed by atoms with E-state index in [-0.39, 0.29) is 0 Å². The molecule has 2 nitrogen and oxygen atoms in total. The summed E-state index contributed by atoms with van der Waals surface area (Å²) in [6, 6.07) is 13.3. The van der Waals surface area contributed by atoms with Crippen LogP contribution in [0.15, 0.2) is 48.7 Å². The molecule has 0 unspecified atom stereocenters. The molecular weight excluding hydrogens is 317 g/mol. The van der Waals surface area contributed by atoms with Crippen LogP contribution in [0.3, 0.4) is 0 Å². The van der Waals surface area contributed by atoms with Gasteiger partial charge < -0.3 is 4.74 Å². The van der Waals surface area contributed by atoms with Crippen LogP contribution >= 0.6 is 23.2 Å². The normalized spacial score (nSPS) is 14.3. The highest BCUT2D eigenvalue weighted by molar-refractivity contribution is 6.37. The average Bonchev–Trinajstić information content (AvgIpc) is 3.35. The van der Waals surface area contributed by atoms with E-state index in [0.29, 0.717) is 21.7 Å². The van der Waals surface area contributed by atoms with Crippen molar-refractivity contribution in [2.45, 2.75) is 18.8 Å². The van der Waals surface area contributed by atoms with Gasteiger partial charge in [0.05, 0.1) is 15.6 Å². The Bertz CT molecular complexity index is 839. The van der Waals surface area contributed by atoms with E-state index in [0.717, 1.165) is 16.7 Å². The summed E-state index contributed by atoms with van der Waals surface area (Å²) >= 11 is 12.3. The summed E-state index contributed by atoms with van der Waals surface area (Å²) in [5, 5.41) is 2.15. The molecule has 1 aromatic heterocycles. The lowest BCUT2D eigenvalue weighted by Gasteiger charge is -2.11. The maximum Gasteiger partial charge on any atom is 0.164 e. The van der Waals surface area contributed by atoms with Gasteiger partial charge >= 0.3 is 0 Å². The summed E-state index contributed by atoms with van der Waals surface area (Å²) in [4.78, 5) is 4.43. The standard InChI is InChI=1S/C18H13Cl2NO/c19-15-2-1-3-16(20)18(15)22-12-6-7-17-14(10-12)13(8-9-21-17)11-4-5-11/h1-3,6-11H,4-5H2. The predicted molar refractivity (Wildman–Crippen MR) is 90.3 cm³/mol. The van der Waals surface area contributed by atoms with E-state index in [9.17, 15) is 0 Å². The minimum Gasteiger partial charge on any atom is -0.454 e. The zero-order valence-electron chi connectivity index (χ0n) is 11.7. The maximum absolute atomic E-state index is 6.17. The van der Waals surface area contributed by atoms with Crippen molar-refractivity contribution in [2.24, 2.45) is 0 Å². The summed E-state index contributed by atoms with van der Waals surface area (Å²) in [5.41, 5.74) is 2.34. The van der Waals surface area contributed by atoms with E-state index in [1.54, 1.807) is 18.2 Å². The fourth-order valence-electron chi connectivity index (χ4n) is 2.66. The number of nitrogens with zero attached hydrogens (tertiary/aromatic N) is 1. The third-order valence-electron chi connectivity index (χ3n) is 3.90. The molecule has 1 fully saturated rings. The van der Waals surface area contributed by atoms with Crippen molar-refractivity contribution in [1.29, 1.82) is 0 Å². The molecule has 0 bridgehead atoms. The molecule has 1 aliphatic carbocycles. The van der Waals surface area contributed by atoms with Gasteiger partial charge in [0.15, 0.2) is 5.75 Å². The zero-order chi connectivity index (χ0) is 15.1. The Morgan fingerprint density at radius 1 is 1.00 bits per heavy atom. The number of pyridine rings is 1. The Labute approximate surface area is 138 Å². The van der Waals surface area contributed by atoms with Crippen molar-refractivity contribution in [3.63, 3.8) is 0 Å². The molecule has 2 aromatic carbocycles. The molecule has 0 amide bonds. The minimum absolute atomic E-state index is 0.488. The second kappa shape index (κ2) is 5.45. The van der Waals surface area contributed by atoms with E-state index in [1.807, 2.05) is 24.4 Å². The van der Waals surface area contributed by atoms with Gasteiger partial charge in [-0.25, -0.2) is 0 Å². The zero-order valence-corrected chi connectivity index (χ0v) is 13.2. The van der Waals surface area contributed by atoms with Crippen molar-refractivity contribution in [3.8, 4) is 11.5 Å². The molecule has 1 saturated carbocycles. The summed E-state index contributed by atoms with van der Waals surface area (Å²) in [6.07, 6.45) is 4.38. The first-order valence-electron chi connectivity index (χ1n) is 7.23. The van der Waals surface area contributed by atoms with Gasteiger partial charge in [-0.15, -0.1) is 0 Å². The average molecular weight is 330 g/mol. The van der Waals surface area contributed by atoms with Crippen LogP contribution in [0.2, 0.25) is 10.0 Å². The molecule has 0 aliphatic heterocycles. The first-order chi connectivity index (χ1) is 10.7. The first kappa shape index (κ1) is 13.9. The smallest absolute Gasteiger partial charge is 0.164 e. The van der Waals surface area contributed by atoms with E-state index in [1.165, 1.54) is 18.4 Å². The number of aromatic nitrogens is 1. The lowest BCUT2D eigenvalue weighted by atomic mass is 10.1. The van der Waals surface area contributed by atoms with Crippen LogP contribution in [-0.2, 0) is 0 Å². The van der Waals surface area contributed by atoms with Crippen LogP contribution in [0.4, 0.5) is 0 Å². The molecule has 0 atom stereocenters. The molecule has 0 spiro atoms. The summed E-state index contributed by atoms with van der Waals surface area (Å²) < 4.78 is 5.91. The van der Waals surface area contributed by atoms with E-state index < -0.39 is 0 Å². The highest BCUT2D eigenvalue weighted by Crippen LogP contribution is 2.44. The lowest BCUT2D eigenvalue weighted by molar-refractivity contribution is 0.484. The largest absolute Gasteiger partial charge is 0.454 e. The third-order valence-corrected chi connectivity index (χ3v) is 4.50.